The fourth-order valence-corrected chi connectivity index (χ4v) is 2.71. The summed E-state index contributed by atoms with van der Waals surface area (Å²) in [6, 6.07) is 0. The lowest BCUT2D eigenvalue weighted by atomic mass is 9.96. The van der Waals surface area contributed by atoms with E-state index < -0.39 is 6.10 Å². The van der Waals surface area contributed by atoms with E-state index in [0.29, 0.717) is 26.4 Å². The Morgan fingerprint density at radius 2 is 1.95 bits per heavy atom. The lowest BCUT2D eigenvalue weighted by molar-refractivity contribution is 0.0124. The molecule has 0 amide bonds. The first-order chi connectivity index (χ1) is 9.10. The molecule has 1 atom stereocenters. The summed E-state index contributed by atoms with van der Waals surface area (Å²) < 4.78 is 10.2. The van der Waals surface area contributed by atoms with Crippen molar-refractivity contribution in [3.8, 4) is 0 Å². The van der Waals surface area contributed by atoms with Crippen molar-refractivity contribution in [2.45, 2.75) is 37.3 Å². The van der Waals surface area contributed by atoms with Gasteiger partial charge in [-0.15, -0.1) is 0 Å². The van der Waals surface area contributed by atoms with E-state index in [1.165, 1.54) is 25.7 Å². The SMILES string of the molecule is COCCOCC(O)CNCC1(N(C)C)CCCC1. The summed E-state index contributed by atoms with van der Waals surface area (Å²) in [5.74, 6) is 0. The molecule has 1 aliphatic carbocycles. The normalized spacial score (nSPS) is 20.1. The van der Waals surface area contributed by atoms with Crippen molar-refractivity contribution in [2.75, 3.05) is 54.1 Å². The third-order valence-electron chi connectivity index (χ3n) is 4.06. The van der Waals surface area contributed by atoms with Gasteiger partial charge in [0, 0.05) is 25.7 Å². The van der Waals surface area contributed by atoms with Gasteiger partial charge in [0.2, 0.25) is 0 Å². The topological polar surface area (TPSA) is 54.0 Å². The van der Waals surface area contributed by atoms with Crippen molar-refractivity contribution >= 4 is 0 Å². The zero-order valence-corrected chi connectivity index (χ0v) is 12.7. The molecule has 1 aliphatic rings. The maximum atomic E-state index is 9.80. The third kappa shape index (κ3) is 5.75. The summed E-state index contributed by atoms with van der Waals surface area (Å²) in [4.78, 5) is 2.33. The monoisotopic (exact) mass is 274 g/mol. The number of nitrogens with one attached hydrogen (secondary N) is 1. The maximum absolute atomic E-state index is 9.80. The molecular formula is C14H30N2O3. The van der Waals surface area contributed by atoms with E-state index in [4.69, 9.17) is 9.47 Å². The van der Waals surface area contributed by atoms with Crippen LogP contribution in [0.25, 0.3) is 0 Å². The van der Waals surface area contributed by atoms with Crippen molar-refractivity contribution in [1.82, 2.24) is 10.2 Å². The van der Waals surface area contributed by atoms with Crippen LogP contribution in [-0.4, -0.2) is 75.8 Å². The highest BCUT2D eigenvalue weighted by molar-refractivity contribution is 4.94. The molecule has 1 fully saturated rings. The largest absolute Gasteiger partial charge is 0.389 e. The highest BCUT2D eigenvalue weighted by Crippen LogP contribution is 2.32. The molecule has 0 spiro atoms. The van der Waals surface area contributed by atoms with Crippen molar-refractivity contribution in [3.05, 3.63) is 0 Å². The molecule has 0 aromatic heterocycles. The van der Waals surface area contributed by atoms with E-state index in [0.717, 1.165) is 6.54 Å². The first kappa shape index (κ1) is 16.9. The minimum absolute atomic E-state index is 0.274. The van der Waals surface area contributed by atoms with Crippen LogP contribution in [0.2, 0.25) is 0 Å². The molecule has 1 unspecified atom stereocenters. The van der Waals surface area contributed by atoms with E-state index in [-0.39, 0.29) is 5.54 Å². The number of aliphatic hydroxyl groups is 1. The van der Waals surface area contributed by atoms with Gasteiger partial charge in [0.1, 0.15) is 0 Å². The number of hydrogen-bond donors (Lipinski definition) is 2. The number of methoxy groups -OCH3 is 1. The first-order valence-electron chi connectivity index (χ1n) is 7.23. The van der Waals surface area contributed by atoms with Gasteiger partial charge in [-0.2, -0.15) is 0 Å². The highest BCUT2D eigenvalue weighted by Gasteiger charge is 2.35. The van der Waals surface area contributed by atoms with E-state index in [2.05, 4.69) is 24.3 Å². The number of hydrogen-bond acceptors (Lipinski definition) is 5. The van der Waals surface area contributed by atoms with Gasteiger partial charge in [0.05, 0.1) is 25.9 Å². The molecule has 0 aromatic rings. The van der Waals surface area contributed by atoms with Gasteiger partial charge < -0.3 is 24.8 Å². The molecule has 5 nitrogen and oxygen atoms in total. The van der Waals surface area contributed by atoms with Crippen molar-refractivity contribution in [3.63, 3.8) is 0 Å². The van der Waals surface area contributed by atoms with Crippen LogP contribution in [0.5, 0.6) is 0 Å². The molecule has 0 aliphatic heterocycles. The van der Waals surface area contributed by atoms with Crippen LogP contribution < -0.4 is 5.32 Å². The molecule has 19 heavy (non-hydrogen) atoms. The van der Waals surface area contributed by atoms with Gasteiger partial charge in [0.25, 0.3) is 0 Å². The summed E-state index contributed by atoms with van der Waals surface area (Å²) in [7, 11) is 5.94. The molecule has 0 saturated heterocycles. The van der Waals surface area contributed by atoms with Crippen molar-refractivity contribution in [2.24, 2.45) is 0 Å². The lowest BCUT2D eigenvalue weighted by Gasteiger charge is -2.37. The summed E-state index contributed by atoms with van der Waals surface area (Å²) in [6.07, 6.45) is 4.66. The van der Waals surface area contributed by atoms with Crippen LogP contribution in [0.3, 0.4) is 0 Å². The average Bonchev–Trinajstić information content (AvgIpc) is 2.85. The van der Waals surface area contributed by atoms with Gasteiger partial charge in [-0.1, -0.05) is 12.8 Å². The van der Waals surface area contributed by atoms with E-state index >= 15 is 0 Å². The molecule has 5 heteroatoms. The van der Waals surface area contributed by atoms with E-state index in [1.54, 1.807) is 7.11 Å². The number of likely N-dealkylation sites (N-methyl/N-ethyl adjacent to an activating group) is 1. The Morgan fingerprint density at radius 3 is 2.53 bits per heavy atom. The van der Waals surface area contributed by atoms with Gasteiger partial charge in [-0.3, -0.25) is 0 Å². The average molecular weight is 274 g/mol. The minimum atomic E-state index is -0.447. The number of ether oxygens (including phenoxy) is 2. The quantitative estimate of drug-likeness (QED) is 0.567. The van der Waals surface area contributed by atoms with Crippen LogP contribution in [0.4, 0.5) is 0 Å². The van der Waals surface area contributed by atoms with Crippen LogP contribution in [0, 0.1) is 0 Å². The number of nitrogens with zero attached hydrogens (tertiary/aromatic N) is 1. The van der Waals surface area contributed by atoms with Crippen LogP contribution >= 0.6 is 0 Å². The summed E-state index contributed by atoms with van der Waals surface area (Å²) in [5.41, 5.74) is 0.274. The molecule has 2 N–H and O–H groups in total. The molecule has 1 saturated carbocycles. The molecule has 0 radical (unpaired) electrons. The Hall–Kier alpha value is -0.200. The van der Waals surface area contributed by atoms with Gasteiger partial charge >= 0.3 is 0 Å². The second kappa shape index (κ2) is 8.87. The molecule has 0 heterocycles. The zero-order valence-electron chi connectivity index (χ0n) is 12.7. The standard InChI is InChI=1S/C14H30N2O3/c1-16(2)14(6-4-5-7-14)12-15-10-13(17)11-19-9-8-18-3/h13,15,17H,4-12H2,1-3H3. The Balaban J connectivity index is 2.14. The second-order valence-electron chi connectivity index (χ2n) is 5.68. The first-order valence-corrected chi connectivity index (χ1v) is 7.23. The Morgan fingerprint density at radius 1 is 1.26 bits per heavy atom. The van der Waals surface area contributed by atoms with Crippen LogP contribution in [-0.2, 0) is 9.47 Å². The minimum Gasteiger partial charge on any atom is -0.389 e. The summed E-state index contributed by atoms with van der Waals surface area (Å²) in [5, 5.41) is 13.2. The highest BCUT2D eigenvalue weighted by atomic mass is 16.5. The third-order valence-corrected chi connectivity index (χ3v) is 4.06. The fraction of sp³-hybridized carbons (Fsp3) is 1.00. The van der Waals surface area contributed by atoms with Gasteiger partial charge in [0.15, 0.2) is 0 Å². The smallest absolute Gasteiger partial charge is 0.0897 e. The zero-order chi connectivity index (χ0) is 14.1. The molecule has 1 rings (SSSR count). The van der Waals surface area contributed by atoms with Gasteiger partial charge in [-0.05, 0) is 26.9 Å². The van der Waals surface area contributed by atoms with Crippen molar-refractivity contribution < 1.29 is 14.6 Å². The van der Waals surface area contributed by atoms with Crippen LogP contribution in [0.1, 0.15) is 25.7 Å². The van der Waals surface area contributed by atoms with E-state index in [1.807, 2.05) is 0 Å². The summed E-state index contributed by atoms with van der Waals surface area (Å²) in [6.45, 7) is 3.00. The Kier molecular flexibility index (Phi) is 7.87. The Bertz CT molecular complexity index is 231. The summed E-state index contributed by atoms with van der Waals surface area (Å²) >= 11 is 0. The van der Waals surface area contributed by atoms with E-state index in [9.17, 15) is 5.11 Å². The maximum Gasteiger partial charge on any atom is 0.0897 e. The van der Waals surface area contributed by atoms with Crippen molar-refractivity contribution in [1.29, 1.82) is 0 Å². The molecular weight excluding hydrogens is 244 g/mol. The molecule has 0 bridgehead atoms. The fourth-order valence-electron chi connectivity index (χ4n) is 2.71. The Labute approximate surface area is 117 Å². The number of rotatable bonds is 10. The van der Waals surface area contributed by atoms with Gasteiger partial charge in [-0.25, -0.2) is 0 Å². The lowest BCUT2D eigenvalue weighted by Crippen LogP contribution is -2.50. The number of aliphatic hydroxyl groups excluding tert-OH is 1. The predicted octanol–water partition coefficient (Wildman–Crippen LogP) is 0.474. The molecule has 0 aromatic carbocycles. The van der Waals surface area contributed by atoms with Crippen LogP contribution in [0.15, 0.2) is 0 Å². The predicted molar refractivity (Wildman–Crippen MR) is 76.5 cm³/mol. The second-order valence-corrected chi connectivity index (χ2v) is 5.68. The molecule has 114 valence electrons.